The minimum absolute atomic E-state index is 0.0919. The number of benzene rings is 2. The summed E-state index contributed by atoms with van der Waals surface area (Å²) in [7, 11) is 0. The summed E-state index contributed by atoms with van der Waals surface area (Å²) in [5.41, 5.74) is -0.148. The number of aromatic nitrogens is 2. The first-order valence-corrected chi connectivity index (χ1v) is 12.4. The molecule has 3 aliphatic heterocycles. The fourth-order valence-corrected chi connectivity index (χ4v) is 6.02. The van der Waals surface area contributed by atoms with Gasteiger partial charge < -0.3 is 10.4 Å². The van der Waals surface area contributed by atoms with Gasteiger partial charge in [-0.2, -0.15) is 0 Å². The maximum atomic E-state index is 13.8. The summed E-state index contributed by atoms with van der Waals surface area (Å²) >= 11 is 0. The highest BCUT2D eigenvalue weighted by atomic mass is 16.3. The molecule has 0 unspecified atom stereocenters. The number of amides is 2. The van der Waals surface area contributed by atoms with Crippen molar-refractivity contribution in [1.82, 2.24) is 20.2 Å². The molecule has 0 aliphatic carbocycles. The standard InChI is InChI=1S/C27H29N5O4/c1-14(2)12-19-22-29-18-10-6-4-8-16(18)25(35)31(22)21(23(33)30-19)13-27(36)17-9-5-7-11-20(17)32-24(34)15(3)28-26(27)32/h4-11,14-15,19,21,26,28,36H,12-13H2,1-3H3,(H,30,33)/t15-,19-,21-,26-,27+/m1/s1. The van der Waals surface area contributed by atoms with E-state index in [4.69, 9.17) is 4.98 Å². The lowest BCUT2D eigenvalue weighted by Gasteiger charge is -2.38. The van der Waals surface area contributed by atoms with Crippen LogP contribution in [0.25, 0.3) is 10.9 Å². The van der Waals surface area contributed by atoms with Crippen molar-refractivity contribution in [2.75, 3.05) is 4.90 Å². The molecule has 0 bridgehead atoms. The molecule has 6 rings (SSSR count). The van der Waals surface area contributed by atoms with E-state index in [-0.39, 0.29) is 29.7 Å². The number of nitrogens with zero attached hydrogens (tertiary/aromatic N) is 3. The van der Waals surface area contributed by atoms with Gasteiger partial charge in [-0.1, -0.05) is 44.2 Å². The van der Waals surface area contributed by atoms with E-state index in [2.05, 4.69) is 24.5 Å². The van der Waals surface area contributed by atoms with Gasteiger partial charge in [0.15, 0.2) is 0 Å². The normalized spacial score (nSPS) is 28.9. The minimum Gasteiger partial charge on any atom is -0.381 e. The van der Waals surface area contributed by atoms with E-state index in [1.807, 2.05) is 12.1 Å². The summed E-state index contributed by atoms with van der Waals surface area (Å²) in [4.78, 5) is 46.7. The first kappa shape index (κ1) is 22.9. The van der Waals surface area contributed by atoms with Crippen molar-refractivity contribution in [3.05, 3.63) is 70.3 Å². The Kier molecular flexibility index (Phi) is 5.07. The van der Waals surface area contributed by atoms with E-state index >= 15 is 0 Å². The number of rotatable bonds is 4. The zero-order valence-electron chi connectivity index (χ0n) is 20.4. The number of carbonyl (C=O) groups excluding carboxylic acids is 2. The number of para-hydroxylation sites is 2. The van der Waals surface area contributed by atoms with Crippen LogP contribution >= 0.6 is 0 Å². The van der Waals surface area contributed by atoms with Gasteiger partial charge in [0.05, 0.1) is 28.7 Å². The molecule has 9 nitrogen and oxygen atoms in total. The van der Waals surface area contributed by atoms with Crippen LogP contribution in [-0.4, -0.2) is 38.7 Å². The number of hydrogen-bond donors (Lipinski definition) is 3. The van der Waals surface area contributed by atoms with E-state index in [1.165, 1.54) is 4.57 Å². The molecular formula is C27H29N5O4. The Morgan fingerprint density at radius 1 is 1.08 bits per heavy atom. The number of nitrogens with one attached hydrogen (secondary N) is 2. The second-order valence-corrected chi connectivity index (χ2v) is 10.5. The predicted octanol–water partition coefficient (Wildman–Crippen LogP) is 2.10. The number of aliphatic hydroxyl groups is 1. The maximum Gasteiger partial charge on any atom is 0.262 e. The Bertz CT molecular complexity index is 1470. The van der Waals surface area contributed by atoms with Crippen molar-refractivity contribution < 1.29 is 14.7 Å². The van der Waals surface area contributed by atoms with Crippen LogP contribution in [0.1, 0.15) is 57.1 Å². The summed E-state index contributed by atoms with van der Waals surface area (Å²) in [6.07, 6.45) is -0.211. The average Bonchev–Trinajstić information content (AvgIpc) is 3.28. The van der Waals surface area contributed by atoms with Gasteiger partial charge in [0.2, 0.25) is 11.8 Å². The van der Waals surface area contributed by atoms with E-state index in [0.29, 0.717) is 34.4 Å². The zero-order valence-corrected chi connectivity index (χ0v) is 20.4. The molecule has 2 aromatic carbocycles. The van der Waals surface area contributed by atoms with Crippen LogP contribution in [0.3, 0.4) is 0 Å². The molecule has 5 atom stereocenters. The van der Waals surface area contributed by atoms with Crippen LogP contribution < -0.4 is 21.1 Å². The molecule has 0 radical (unpaired) electrons. The molecule has 9 heteroatoms. The summed E-state index contributed by atoms with van der Waals surface area (Å²) in [5, 5.41) is 18.9. The van der Waals surface area contributed by atoms with Gasteiger partial charge in [-0.3, -0.25) is 29.2 Å². The fourth-order valence-electron chi connectivity index (χ4n) is 6.02. The van der Waals surface area contributed by atoms with Crippen LogP contribution in [0.15, 0.2) is 53.3 Å². The first-order valence-electron chi connectivity index (χ1n) is 12.4. The van der Waals surface area contributed by atoms with Crippen LogP contribution in [0.2, 0.25) is 0 Å². The Morgan fingerprint density at radius 3 is 2.58 bits per heavy atom. The number of anilines is 1. The molecular weight excluding hydrogens is 458 g/mol. The Morgan fingerprint density at radius 2 is 1.81 bits per heavy atom. The third-order valence-corrected chi connectivity index (χ3v) is 7.65. The van der Waals surface area contributed by atoms with Crippen molar-refractivity contribution in [1.29, 1.82) is 0 Å². The monoisotopic (exact) mass is 487 g/mol. The lowest BCUT2D eigenvalue weighted by Crippen LogP contribution is -2.54. The van der Waals surface area contributed by atoms with Gasteiger partial charge in [0, 0.05) is 12.0 Å². The molecule has 3 aromatic rings. The van der Waals surface area contributed by atoms with Gasteiger partial charge in [-0.05, 0) is 37.5 Å². The van der Waals surface area contributed by atoms with Crippen LogP contribution in [0, 0.1) is 5.92 Å². The summed E-state index contributed by atoms with van der Waals surface area (Å²) in [5.74, 6) is 0.277. The third kappa shape index (κ3) is 3.16. The van der Waals surface area contributed by atoms with Gasteiger partial charge in [0.25, 0.3) is 5.56 Å². The van der Waals surface area contributed by atoms with Crippen LogP contribution in [-0.2, 0) is 15.2 Å². The van der Waals surface area contributed by atoms with Crippen LogP contribution in [0.5, 0.6) is 0 Å². The molecule has 3 N–H and O–H groups in total. The molecule has 1 fully saturated rings. The van der Waals surface area contributed by atoms with Gasteiger partial charge in [-0.25, -0.2) is 4.98 Å². The van der Waals surface area contributed by atoms with Gasteiger partial charge in [0.1, 0.15) is 23.6 Å². The number of fused-ring (bicyclic) bond motifs is 5. The first-order chi connectivity index (χ1) is 17.2. The van der Waals surface area contributed by atoms with E-state index in [1.54, 1.807) is 48.2 Å². The lowest BCUT2D eigenvalue weighted by atomic mass is 9.85. The molecule has 36 heavy (non-hydrogen) atoms. The molecule has 1 saturated heterocycles. The van der Waals surface area contributed by atoms with E-state index < -0.39 is 29.9 Å². The van der Waals surface area contributed by atoms with E-state index in [0.717, 1.165) is 0 Å². The second-order valence-electron chi connectivity index (χ2n) is 10.5. The molecule has 3 aliphatic rings. The van der Waals surface area contributed by atoms with Crippen molar-refractivity contribution in [2.24, 2.45) is 5.92 Å². The molecule has 4 heterocycles. The minimum atomic E-state index is -1.59. The summed E-state index contributed by atoms with van der Waals surface area (Å²) < 4.78 is 1.47. The van der Waals surface area contributed by atoms with Crippen molar-refractivity contribution >= 4 is 28.4 Å². The Hall–Kier alpha value is -3.56. The largest absolute Gasteiger partial charge is 0.381 e. The van der Waals surface area contributed by atoms with Crippen LogP contribution in [0.4, 0.5) is 5.69 Å². The summed E-state index contributed by atoms with van der Waals surface area (Å²) in [6.45, 7) is 5.86. The highest BCUT2D eigenvalue weighted by Gasteiger charge is 2.58. The highest BCUT2D eigenvalue weighted by molar-refractivity contribution is 6.02. The van der Waals surface area contributed by atoms with Gasteiger partial charge >= 0.3 is 0 Å². The zero-order chi connectivity index (χ0) is 25.4. The van der Waals surface area contributed by atoms with Crippen molar-refractivity contribution in [3.8, 4) is 0 Å². The quantitative estimate of drug-likeness (QED) is 0.519. The number of hydrogen-bond acceptors (Lipinski definition) is 6. The van der Waals surface area contributed by atoms with E-state index in [9.17, 15) is 19.5 Å². The SMILES string of the molecule is CC(C)C[C@H]1NC(=O)[C@@H](C[C@]2(O)c3ccccc3N3C(=O)[C@@H](C)N[C@H]32)n2c1nc1ccccc1c2=O. The molecule has 2 amide bonds. The third-order valence-electron chi connectivity index (χ3n) is 7.65. The van der Waals surface area contributed by atoms with Crippen molar-refractivity contribution in [2.45, 2.75) is 63.5 Å². The second kappa shape index (κ2) is 7.97. The smallest absolute Gasteiger partial charge is 0.262 e. The molecule has 0 saturated carbocycles. The van der Waals surface area contributed by atoms with Crippen molar-refractivity contribution in [3.63, 3.8) is 0 Å². The molecule has 1 aromatic heterocycles. The predicted molar refractivity (Wildman–Crippen MR) is 134 cm³/mol. The maximum absolute atomic E-state index is 13.8. The molecule has 186 valence electrons. The highest BCUT2D eigenvalue weighted by Crippen LogP contribution is 2.49. The lowest BCUT2D eigenvalue weighted by molar-refractivity contribution is -0.130. The number of carbonyl (C=O) groups is 2. The topological polar surface area (TPSA) is 117 Å². The average molecular weight is 488 g/mol. The summed E-state index contributed by atoms with van der Waals surface area (Å²) in [6, 6.07) is 12.4. The molecule has 0 spiro atoms. The Balaban J connectivity index is 1.51. The fraction of sp³-hybridized carbons (Fsp3) is 0.407. The Labute approximate surface area is 208 Å². The van der Waals surface area contributed by atoms with Gasteiger partial charge in [-0.15, -0.1) is 0 Å².